The van der Waals surface area contributed by atoms with Gasteiger partial charge in [0.1, 0.15) is 0 Å². The zero-order valence-corrected chi connectivity index (χ0v) is 6.73. The molecule has 0 saturated carbocycles. The Labute approximate surface area is 73.5 Å². The number of hydrogen-bond acceptors (Lipinski definition) is 2. The van der Waals surface area contributed by atoms with Crippen LogP contribution in [-0.4, -0.2) is 6.30 Å². The molecule has 0 bridgehead atoms. The maximum Gasteiger partial charge on any atom is 0.482 e. The molecule has 0 spiro atoms. The normalized spacial score (nSPS) is 11.4. The van der Waals surface area contributed by atoms with Gasteiger partial charge in [0.25, 0.3) is 0 Å². The Hall–Kier alpha value is -1.23. The minimum atomic E-state index is -4.38. The Morgan fingerprint density at radius 2 is 1.69 bits per heavy atom. The number of nitrogens with one attached hydrogen (secondary N) is 1. The van der Waals surface area contributed by atoms with Gasteiger partial charge in [-0.05, 0) is 17.7 Å². The molecule has 1 aromatic rings. The maximum atomic E-state index is 11.8. The Balaban J connectivity index is 2.70. The van der Waals surface area contributed by atoms with Crippen molar-refractivity contribution in [3.63, 3.8) is 0 Å². The smallest absolute Gasteiger partial charge is 0.326 e. The van der Waals surface area contributed by atoms with Crippen LogP contribution in [0.5, 0.6) is 0 Å². The summed E-state index contributed by atoms with van der Waals surface area (Å²) in [6, 6.07) is 5.79. The molecule has 5 heteroatoms. The summed E-state index contributed by atoms with van der Waals surface area (Å²) in [5, 5.41) is 1.39. The number of hydrogen-bond donors (Lipinski definition) is 2. The fourth-order valence-corrected chi connectivity index (χ4v) is 0.888. The van der Waals surface area contributed by atoms with Crippen molar-refractivity contribution in [1.82, 2.24) is 0 Å². The molecule has 1 aromatic carbocycles. The van der Waals surface area contributed by atoms with E-state index in [1.54, 1.807) is 12.1 Å². The van der Waals surface area contributed by atoms with Gasteiger partial charge in [0, 0.05) is 12.2 Å². The first-order valence-corrected chi connectivity index (χ1v) is 3.65. The molecule has 0 radical (unpaired) electrons. The highest BCUT2D eigenvalue weighted by atomic mass is 19.4. The Kier molecular flexibility index (Phi) is 2.77. The number of halogens is 3. The van der Waals surface area contributed by atoms with Crippen LogP contribution >= 0.6 is 0 Å². The SMILES string of the molecule is NCc1ccc(NC(F)(F)F)cc1. The monoisotopic (exact) mass is 190 g/mol. The van der Waals surface area contributed by atoms with Gasteiger partial charge in [-0.15, -0.1) is 0 Å². The lowest BCUT2D eigenvalue weighted by atomic mass is 10.2. The molecule has 2 nitrogen and oxygen atoms in total. The molecule has 3 N–H and O–H groups in total. The first-order valence-electron chi connectivity index (χ1n) is 3.65. The molecule has 0 unspecified atom stereocenters. The Morgan fingerprint density at radius 1 is 1.15 bits per heavy atom. The number of anilines is 1. The molecule has 0 aromatic heterocycles. The largest absolute Gasteiger partial charge is 0.482 e. The van der Waals surface area contributed by atoms with Crippen molar-refractivity contribution >= 4 is 5.69 Å². The summed E-state index contributed by atoms with van der Waals surface area (Å²) in [7, 11) is 0. The third kappa shape index (κ3) is 3.33. The van der Waals surface area contributed by atoms with Crippen LogP contribution in [0.3, 0.4) is 0 Å². The minimum absolute atomic E-state index is 0.0182. The van der Waals surface area contributed by atoms with Crippen LogP contribution in [0.2, 0.25) is 0 Å². The number of benzene rings is 1. The van der Waals surface area contributed by atoms with E-state index in [0.29, 0.717) is 6.54 Å². The number of nitrogens with two attached hydrogens (primary N) is 1. The first-order chi connectivity index (χ1) is 6.01. The minimum Gasteiger partial charge on any atom is -0.326 e. The van der Waals surface area contributed by atoms with E-state index in [0.717, 1.165) is 5.56 Å². The van der Waals surface area contributed by atoms with Crippen LogP contribution in [0.4, 0.5) is 18.9 Å². The van der Waals surface area contributed by atoms with Crippen LogP contribution < -0.4 is 11.1 Å². The summed E-state index contributed by atoms with van der Waals surface area (Å²) >= 11 is 0. The Morgan fingerprint density at radius 3 is 2.08 bits per heavy atom. The third-order valence-corrected chi connectivity index (χ3v) is 1.48. The summed E-state index contributed by atoms with van der Waals surface area (Å²) in [6.45, 7) is 0.326. The van der Waals surface area contributed by atoms with Crippen molar-refractivity contribution in [1.29, 1.82) is 0 Å². The average Bonchev–Trinajstić information content (AvgIpc) is 2.03. The van der Waals surface area contributed by atoms with Gasteiger partial charge in [0.05, 0.1) is 0 Å². The van der Waals surface area contributed by atoms with Gasteiger partial charge in [-0.1, -0.05) is 12.1 Å². The van der Waals surface area contributed by atoms with Crippen LogP contribution in [0, 0.1) is 0 Å². The standard InChI is InChI=1S/C8H9F3N2/c9-8(10,11)13-7-3-1-6(5-12)2-4-7/h1-4,13H,5,12H2. The van der Waals surface area contributed by atoms with Gasteiger partial charge in [0.15, 0.2) is 0 Å². The van der Waals surface area contributed by atoms with Crippen molar-refractivity contribution < 1.29 is 13.2 Å². The summed E-state index contributed by atoms with van der Waals surface area (Å²) in [4.78, 5) is 0. The molecular weight excluding hydrogens is 181 g/mol. The summed E-state index contributed by atoms with van der Waals surface area (Å²) in [6.07, 6.45) is -4.38. The topological polar surface area (TPSA) is 38.0 Å². The maximum absolute atomic E-state index is 11.8. The second kappa shape index (κ2) is 3.66. The second-order valence-electron chi connectivity index (χ2n) is 2.52. The zero-order valence-electron chi connectivity index (χ0n) is 6.73. The quantitative estimate of drug-likeness (QED) is 0.700. The zero-order chi connectivity index (χ0) is 9.90. The highest BCUT2D eigenvalue weighted by Gasteiger charge is 2.26. The van der Waals surface area contributed by atoms with E-state index >= 15 is 0 Å². The summed E-state index contributed by atoms with van der Waals surface area (Å²) < 4.78 is 35.4. The molecule has 0 saturated heterocycles. The average molecular weight is 190 g/mol. The third-order valence-electron chi connectivity index (χ3n) is 1.48. The molecular formula is C8H9F3N2. The highest BCUT2D eigenvalue weighted by molar-refractivity contribution is 5.45. The molecule has 13 heavy (non-hydrogen) atoms. The van der Waals surface area contributed by atoms with Gasteiger partial charge in [0.2, 0.25) is 0 Å². The lowest BCUT2D eigenvalue weighted by Gasteiger charge is -2.09. The molecule has 0 atom stereocenters. The van der Waals surface area contributed by atoms with Crippen LogP contribution in [0.15, 0.2) is 24.3 Å². The predicted octanol–water partition coefficient (Wildman–Crippen LogP) is 2.08. The number of alkyl halides is 3. The molecule has 1 rings (SSSR count). The summed E-state index contributed by atoms with van der Waals surface area (Å²) in [5.74, 6) is 0. The molecule has 0 fully saturated rings. The van der Waals surface area contributed by atoms with Crippen LogP contribution in [-0.2, 0) is 6.54 Å². The van der Waals surface area contributed by atoms with Crippen molar-refractivity contribution in [3.8, 4) is 0 Å². The molecule has 72 valence electrons. The van der Waals surface area contributed by atoms with Gasteiger partial charge in [-0.3, -0.25) is 5.32 Å². The molecule has 0 aliphatic carbocycles. The fraction of sp³-hybridized carbons (Fsp3) is 0.250. The predicted molar refractivity (Wildman–Crippen MR) is 44.0 cm³/mol. The lowest BCUT2D eigenvalue weighted by Crippen LogP contribution is -2.20. The van der Waals surface area contributed by atoms with Gasteiger partial charge in [-0.2, -0.15) is 13.2 Å². The molecule has 0 aliphatic heterocycles. The molecule has 0 heterocycles. The van der Waals surface area contributed by atoms with Crippen molar-refractivity contribution in [2.75, 3.05) is 5.32 Å². The van der Waals surface area contributed by atoms with Crippen molar-refractivity contribution in [2.45, 2.75) is 12.8 Å². The molecule has 0 aliphatic rings. The van der Waals surface area contributed by atoms with E-state index in [1.165, 1.54) is 17.4 Å². The second-order valence-corrected chi connectivity index (χ2v) is 2.52. The van der Waals surface area contributed by atoms with Gasteiger partial charge < -0.3 is 5.73 Å². The van der Waals surface area contributed by atoms with E-state index in [9.17, 15) is 13.2 Å². The highest BCUT2D eigenvalue weighted by Crippen LogP contribution is 2.19. The van der Waals surface area contributed by atoms with E-state index < -0.39 is 6.30 Å². The summed E-state index contributed by atoms with van der Waals surface area (Å²) in [5.41, 5.74) is 6.10. The van der Waals surface area contributed by atoms with Crippen molar-refractivity contribution in [2.24, 2.45) is 5.73 Å². The van der Waals surface area contributed by atoms with E-state index in [4.69, 9.17) is 5.73 Å². The van der Waals surface area contributed by atoms with E-state index in [1.807, 2.05) is 0 Å². The van der Waals surface area contributed by atoms with E-state index in [2.05, 4.69) is 0 Å². The van der Waals surface area contributed by atoms with E-state index in [-0.39, 0.29) is 5.69 Å². The van der Waals surface area contributed by atoms with Crippen LogP contribution in [0.25, 0.3) is 0 Å². The van der Waals surface area contributed by atoms with Gasteiger partial charge >= 0.3 is 6.30 Å². The number of rotatable bonds is 2. The van der Waals surface area contributed by atoms with Crippen LogP contribution in [0.1, 0.15) is 5.56 Å². The Bertz CT molecular complexity index is 266. The van der Waals surface area contributed by atoms with Crippen molar-refractivity contribution in [3.05, 3.63) is 29.8 Å². The van der Waals surface area contributed by atoms with Gasteiger partial charge in [-0.25, -0.2) is 0 Å². The first kappa shape index (κ1) is 9.85. The fourth-order valence-electron chi connectivity index (χ4n) is 0.888. The molecule has 0 amide bonds. The lowest BCUT2D eigenvalue weighted by molar-refractivity contribution is -0.0999.